The molecule has 0 spiro atoms. The number of Topliss-reactive ketones (excluding diaryl/α,β-unsaturated/α-hetero) is 1. The van der Waals surface area contributed by atoms with E-state index in [1.807, 2.05) is 0 Å². The second-order valence-electron chi connectivity index (χ2n) is 13.6. The predicted molar refractivity (Wildman–Crippen MR) is 136 cm³/mol. The molecule has 6 atom stereocenters. The smallest absolute Gasteiger partial charge is 0.306 e. The zero-order valence-corrected chi connectivity index (χ0v) is 22.3. The molecule has 0 aromatic carbocycles. The van der Waals surface area contributed by atoms with Crippen LogP contribution in [0.15, 0.2) is 11.1 Å². The lowest BCUT2D eigenvalue weighted by molar-refractivity contribution is -0.151. The van der Waals surface area contributed by atoms with Crippen molar-refractivity contribution in [2.45, 2.75) is 137 Å². The molecule has 5 rings (SSSR count). The van der Waals surface area contributed by atoms with Crippen molar-refractivity contribution < 1.29 is 14.3 Å². The SMILES string of the molecule is C[C@H](CCC(=O)OC1CCCCC1)[C@H]1CC[C@H]2C3=C(CC[C@]12C)[C@@]1(C)CCC(=O)CC1(C)CC3. The van der Waals surface area contributed by atoms with E-state index in [1.54, 1.807) is 11.1 Å². The van der Waals surface area contributed by atoms with Gasteiger partial charge in [-0.25, -0.2) is 0 Å². The minimum atomic E-state index is 0.0402. The van der Waals surface area contributed by atoms with E-state index in [9.17, 15) is 9.59 Å². The van der Waals surface area contributed by atoms with E-state index in [1.165, 1.54) is 57.8 Å². The number of fused-ring (bicyclic) bond motifs is 4. The van der Waals surface area contributed by atoms with Gasteiger partial charge in [-0.2, -0.15) is 0 Å². The van der Waals surface area contributed by atoms with E-state index >= 15 is 0 Å². The molecule has 0 aromatic rings. The van der Waals surface area contributed by atoms with Gasteiger partial charge in [0, 0.05) is 19.3 Å². The van der Waals surface area contributed by atoms with Crippen LogP contribution in [0.25, 0.3) is 0 Å². The molecule has 190 valence electrons. The Morgan fingerprint density at radius 1 is 0.971 bits per heavy atom. The van der Waals surface area contributed by atoms with Crippen molar-refractivity contribution in [1.29, 1.82) is 0 Å². The topological polar surface area (TPSA) is 43.4 Å². The van der Waals surface area contributed by atoms with Crippen LogP contribution in [0.4, 0.5) is 0 Å². The van der Waals surface area contributed by atoms with Crippen molar-refractivity contribution in [3.05, 3.63) is 11.1 Å². The Labute approximate surface area is 207 Å². The molecule has 5 aliphatic rings. The fourth-order valence-corrected chi connectivity index (χ4v) is 9.53. The second kappa shape index (κ2) is 9.07. The molecule has 0 aliphatic heterocycles. The summed E-state index contributed by atoms with van der Waals surface area (Å²) in [6.45, 7) is 9.90. The molecule has 3 heteroatoms. The molecule has 3 fully saturated rings. The summed E-state index contributed by atoms with van der Waals surface area (Å²) in [6, 6.07) is 0. The largest absolute Gasteiger partial charge is 0.462 e. The number of allylic oxidation sites excluding steroid dienone is 2. The van der Waals surface area contributed by atoms with Crippen LogP contribution in [0.5, 0.6) is 0 Å². The molecule has 5 aliphatic carbocycles. The van der Waals surface area contributed by atoms with Crippen LogP contribution >= 0.6 is 0 Å². The number of esters is 1. The minimum absolute atomic E-state index is 0.0402. The molecular formula is C31H48O3. The van der Waals surface area contributed by atoms with Crippen LogP contribution < -0.4 is 0 Å². The Balaban J connectivity index is 1.26. The molecule has 34 heavy (non-hydrogen) atoms. The summed E-state index contributed by atoms with van der Waals surface area (Å²) in [6.07, 6.45) is 17.8. The summed E-state index contributed by atoms with van der Waals surface area (Å²) in [7, 11) is 0. The summed E-state index contributed by atoms with van der Waals surface area (Å²) >= 11 is 0. The van der Waals surface area contributed by atoms with Crippen molar-refractivity contribution in [1.82, 2.24) is 0 Å². The summed E-state index contributed by atoms with van der Waals surface area (Å²) in [5.41, 5.74) is 4.33. The van der Waals surface area contributed by atoms with Gasteiger partial charge >= 0.3 is 5.97 Å². The predicted octanol–water partition coefficient (Wildman–Crippen LogP) is 7.96. The van der Waals surface area contributed by atoms with Crippen LogP contribution in [0.1, 0.15) is 130 Å². The molecule has 0 radical (unpaired) electrons. The molecule has 0 amide bonds. The zero-order chi connectivity index (χ0) is 24.1. The van der Waals surface area contributed by atoms with E-state index in [2.05, 4.69) is 27.7 Å². The molecule has 0 heterocycles. The Kier molecular flexibility index (Phi) is 6.56. The number of rotatable bonds is 5. The third kappa shape index (κ3) is 4.01. The first-order chi connectivity index (χ1) is 16.2. The molecule has 0 saturated heterocycles. The van der Waals surface area contributed by atoms with Gasteiger partial charge in [0.15, 0.2) is 0 Å². The van der Waals surface area contributed by atoms with Gasteiger partial charge in [0.1, 0.15) is 11.9 Å². The molecule has 1 unspecified atom stereocenters. The Morgan fingerprint density at radius 2 is 1.74 bits per heavy atom. The Hall–Kier alpha value is -1.12. The van der Waals surface area contributed by atoms with Gasteiger partial charge in [0.25, 0.3) is 0 Å². The molecule has 0 aromatic heterocycles. The second-order valence-corrected chi connectivity index (χ2v) is 13.6. The highest BCUT2D eigenvalue weighted by Crippen LogP contribution is 2.68. The summed E-state index contributed by atoms with van der Waals surface area (Å²) in [5, 5.41) is 0. The van der Waals surface area contributed by atoms with Crippen molar-refractivity contribution in [3.8, 4) is 0 Å². The van der Waals surface area contributed by atoms with Gasteiger partial charge in [0.2, 0.25) is 0 Å². The lowest BCUT2D eigenvalue weighted by atomic mass is 9.45. The monoisotopic (exact) mass is 468 g/mol. The maximum absolute atomic E-state index is 12.5. The summed E-state index contributed by atoms with van der Waals surface area (Å²) in [5.74, 6) is 2.53. The van der Waals surface area contributed by atoms with Crippen molar-refractivity contribution in [3.63, 3.8) is 0 Å². The normalized spacial score (nSPS) is 41.5. The van der Waals surface area contributed by atoms with Crippen molar-refractivity contribution in [2.75, 3.05) is 0 Å². The maximum atomic E-state index is 12.5. The quantitative estimate of drug-likeness (QED) is 0.303. The van der Waals surface area contributed by atoms with Crippen LogP contribution in [-0.2, 0) is 14.3 Å². The van der Waals surface area contributed by atoms with Crippen LogP contribution in [0, 0.1) is 34.0 Å². The van der Waals surface area contributed by atoms with Crippen LogP contribution in [-0.4, -0.2) is 17.9 Å². The molecule has 3 nitrogen and oxygen atoms in total. The van der Waals surface area contributed by atoms with Crippen molar-refractivity contribution >= 4 is 11.8 Å². The first-order valence-electron chi connectivity index (χ1n) is 14.6. The third-order valence-corrected chi connectivity index (χ3v) is 11.9. The number of ether oxygens (including phenoxy) is 1. The first-order valence-corrected chi connectivity index (χ1v) is 14.6. The van der Waals surface area contributed by atoms with Gasteiger partial charge in [-0.1, -0.05) is 45.3 Å². The fraction of sp³-hybridized carbons (Fsp3) is 0.871. The zero-order valence-electron chi connectivity index (χ0n) is 22.3. The highest BCUT2D eigenvalue weighted by Gasteiger charge is 2.59. The van der Waals surface area contributed by atoms with E-state index in [-0.39, 0.29) is 22.9 Å². The highest BCUT2D eigenvalue weighted by molar-refractivity contribution is 5.80. The number of hydrogen-bond acceptors (Lipinski definition) is 3. The molecule has 0 bridgehead atoms. The lowest BCUT2D eigenvalue weighted by Gasteiger charge is -2.59. The number of ketones is 1. The van der Waals surface area contributed by atoms with Gasteiger partial charge in [-0.3, -0.25) is 9.59 Å². The van der Waals surface area contributed by atoms with Gasteiger partial charge < -0.3 is 4.74 Å². The summed E-state index contributed by atoms with van der Waals surface area (Å²) in [4.78, 5) is 24.9. The van der Waals surface area contributed by atoms with Crippen LogP contribution in [0.2, 0.25) is 0 Å². The highest BCUT2D eigenvalue weighted by atomic mass is 16.5. The van der Waals surface area contributed by atoms with E-state index in [0.717, 1.165) is 44.4 Å². The maximum Gasteiger partial charge on any atom is 0.306 e. The van der Waals surface area contributed by atoms with Crippen molar-refractivity contribution in [2.24, 2.45) is 34.0 Å². The van der Waals surface area contributed by atoms with Crippen LogP contribution in [0.3, 0.4) is 0 Å². The van der Waals surface area contributed by atoms with E-state index in [0.29, 0.717) is 29.5 Å². The first kappa shape index (κ1) is 24.6. The van der Waals surface area contributed by atoms with E-state index < -0.39 is 0 Å². The van der Waals surface area contributed by atoms with E-state index in [4.69, 9.17) is 4.74 Å². The standard InChI is InChI=1S/C31H48O3/c1-21(10-13-28(33)34-23-8-6-5-7-9-23)25-11-12-26-24-15-17-29(2)20-22(32)14-19-31(29,4)27(24)16-18-30(25,26)3/h21,23,25-26H,5-20H2,1-4H3/t21-,25-,26+,29?,30-,31-/m1/s1. The number of hydrogen-bond donors (Lipinski definition) is 0. The minimum Gasteiger partial charge on any atom is -0.462 e. The Bertz CT molecular complexity index is 851. The fourth-order valence-electron chi connectivity index (χ4n) is 9.53. The number of carbonyl (C=O) groups is 2. The van der Waals surface area contributed by atoms with Gasteiger partial charge in [-0.15, -0.1) is 0 Å². The molecular weight excluding hydrogens is 420 g/mol. The molecule has 0 N–H and O–H groups in total. The molecule has 3 saturated carbocycles. The summed E-state index contributed by atoms with van der Waals surface area (Å²) < 4.78 is 5.81. The van der Waals surface area contributed by atoms with Gasteiger partial charge in [0.05, 0.1) is 0 Å². The average molecular weight is 469 g/mol. The number of carbonyl (C=O) groups excluding carboxylic acids is 2. The van der Waals surface area contributed by atoms with Gasteiger partial charge in [-0.05, 0) is 111 Å². The lowest BCUT2D eigenvalue weighted by Crippen LogP contribution is -2.50. The third-order valence-electron chi connectivity index (χ3n) is 11.9. The average Bonchev–Trinajstić information content (AvgIpc) is 3.16. The Morgan fingerprint density at radius 3 is 2.50 bits per heavy atom.